The van der Waals surface area contributed by atoms with Crippen molar-refractivity contribution in [3.63, 3.8) is 0 Å². The Morgan fingerprint density at radius 2 is 1.90 bits per heavy atom. The summed E-state index contributed by atoms with van der Waals surface area (Å²) in [5, 5.41) is 3.60. The van der Waals surface area contributed by atoms with Gasteiger partial charge in [-0.05, 0) is 38.1 Å². The van der Waals surface area contributed by atoms with Crippen molar-refractivity contribution in [2.24, 2.45) is 0 Å². The fraction of sp³-hybridized carbons (Fsp3) is 0.444. The van der Waals surface area contributed by atoms with Crippen LogP contribution in [0.5, 0.6) is 5.75 Å². The molecule has 3 heteroatoms. The summed E-state index contributed by atoms with van der Waals surface area (Å²) < 4.78 is 5.56. The van der Waals surface area contributed by atoms with Crippen molar-refractivity contribution in [2.75, 3.05) is 13.7 Å². The Labute approximate surface area is 132 Å². The van der Waals surface area contributed by atoms with Crippen molar-refractivity contribution < 1.29 is 4.74 Å². The van der Waals surface area contributed by atoms with E-state index < -0.39 is 0 Å². The topological polar surface area (TPSA) is 21.3 Å². The number of aryl methyl sites for hydroxylation is 2. The van der Waals surface area contributed by atoms with Crippen molar-refractivity contribution in [3.8, 4) is 5.75 Å². The van der Waals surface area contributed by atoms with Crippen LogP contribution in [0.25, 0.3) is 0 Å². The Balaban J connectivity index is 2.27. The SMILES string of the molecule is CCNC(Cc1ccc(CC)s1)c1cc(C)ccc1OC. The summed E-state index contributed by atoms with van der Waals surface area (Å²) >= 11 is 1.92. The van der Waals surface area contributed by atoms with E-state index in [1.165, 1.54) is 20.9 Å². The molecule has 0 saturated heterocycles. The predicted molar refractivity (Wildman–Crippen MR) is 91.5 cm³/mol. The molecule has 0 fully saturated rings. The van der Waals surface area contributed by atoms with Crippen LogP contribution in [0, 0.1) is 6.92 Å². The van der Waals surface area contributed by atoms with E-state index >= 15 is 0 Å². The van der Waals surface area contributed by atoms with Crippen LogP contribution in [0.4, 0.5) is 0 Å². The molecule has 0 spiro atoms. The van der Waals surface area contributed by atoms with Crippen molar-refractivity contribution in [2.45, 2.75) is 39.7 Å². The third kappa shape index (κ3) is 4.08. The normalized spacial score (nSPS) is 12.4. The van der Waals surface area contributed by atoms with Crippen LogP contribution < -0.4 is 10.1 Å². The average molecular weight is 303 g/mol. The van der Waals surface area contributed by atoms with Gasteiger partial charge in [0, 0.05) is 27.8 Å². The van der Waals surface area contributed by atoms with Gasteiger partial charge < -0.3 is 10.1 Å². The minimum Gasteiger partial charge on any atom is -0.496 e. The maximum Gasteiger partial charge on any atom is 0.123 e. The number of likely N-dealkylation sites (N-methyl/N-ethyl adjacent to an activating group) is 1. The summed E-state index contributed by atoms with van der Waals surface area (Å²) in [6, 6.07) is 11.2. The zero-order chi connectivity index (χ0) is 15.2. The monoisotopic (exact) mass is 303 g/mol. The van der Waals surface area contributed by atoms with E-state index in [4.69, 9.17) is 4.74 Å². The lowest BCUT2D eigenvalue weighted by Gasteiger charge is -2.21. The van der Waals surface area contributed by atoms with Gasteiger partial charge in [0.1, 0.15) is 5.75 Å². The van der Waals surface area contributed by atoms with Gasteiger partial charge in [0.25, 0.3) is 0 Å². The Morgan fingerprint density at radius 3 is 2.52 bits per heavy atom. The molecule has 1 unspecified atom stereocenters. The van der Waals surface area contributed by atoms with E-state index in [0.717, 1.165) is 25.1 Å². The van der Waals surface area contributed by atoms with Crippen LogP contribution in [0.1, 0.15) is 40.8 Å². The molecule has 0 amide bonds. The molecule has 114 valence electrons. The molecule has 1 atom stereocenters. The fourth-order valence-corrected chi connectivity index (χ4v) is 3.59. The Hall–Kier alpha value is -1.32. The van der Waals surface area contributed by atoms with E-state index in [1.807, 2.05) is 11.3 Å². The first kappa shape index (κ1) is 16.1. The second-order valence-electron chi connectivity index (χ2n) is 5.28. The van der Waals surface area contributed by atoms with Crippen LogP contribution in [0.2, 0.25) is 0 Å². The molecule has 1 aromatic heterocycles. The van der Waals surface area contributed by atoms with Gasteiger partial charge in [0.2, 0.25) is 0 Å². The second kappa shape index (κ2) is 7.62. The maximum absolute atomic E-state index is 5.56. The van der Waals surface area contributed by atoms with Gasteiger partial charge in [-0.1, -0.05) is 31.5 Å². The zero-order valence-electron chi connectivity index (χ0n) is 13.4. The highest BCUT2D eigenvalue weighted by atomic mass is 32.1. The first-order valence-electron chi connectivity index (χ1n) is 7.63. The van der Waals surface area contributed by atoms with Crippen molar-refractivity contribution >= 4 is 11.3 Å². The van der Waals surface area contributed by atoms with Crippen LogP contribution >= 0.6 is 11.3 Å². The van der Waals surface area contributed by atoms with Gasteiger partial charge in [-0.2, -0.15) is 0 Å². The zero-order valence-corrected chi connectivity index (χ0v) is 14.2. The van der Waals surface area contributed by atoms with E-state index in [-0.39, 0.29) is 0 Å². The minimum absolute atomic E-state index is 0.299. The van der Waals surface area contributed by atoms with Gasteiger partial charge >= 0.3 is 0 Å². The van der Waals surface area contributed by atoms with Crippen LogP contribution in [0.3, 0.4) is 0 Å². The first-order valence-corrected chi connectivity index (χ1v) is 8.45. The first-order chi connectivity index (χ1) is 10.2. The standard InChI is InChI=1S/C18H25NOS/c1-5-14-8-9-15(21-14)12-17(19-6-2)16-11-13(3)7-10-18(16)20-4/h7-11,17,19H,5-6,12H2,1-4H3. The molecular weight excluding hydrogens is 278 g/mol. The predicted octanol–water partition coefficient (Wildman–Crippen LogP) is 4.52. The van der Waals surface area contributed by atoms with E-state index in [2.05, 4.69) is 56.4 Å². The lowest BCUT2D eigenvalue weighted by molar-refractivity contribution is 0.399. The average Bonchev–Trinajstić information content (AvgIpc) is 2.94. The number of hydrogen-bond donors (Lipinski definition) is 1. The highest BCUT2D eigenvalue weighted by Crippen LogP contribution is 2.30. The summed E-state index contributed by atoms with van der Waals surface area (Å²) in [4.78, 5) is 2.89. The van der Waals surface area contributed by atoms with Gasteiger partial charge in [0.05, 0.1) is 7.11 Å². The van der Waals surface area contributed by atoms with Crippen molar-refractivity contribution in [3.05, 3.63) is 51.2 Å². The molecule has 2 nitrogen and oxygen atoms in total. The molecule has 21 heavy (non-hydrogen) atoms. The molecule has 1 heterocycles. The Bertz CT molecular complexity index is 576. The number of nitrogens with one attached hydrogen (secondary N) is 1. The molecule has 2 aromatic rings. The third-order valence-corrected chi connectivity index (χ3v) is 4.93. The molecule has 0 radical (unpaired) electrons. The number of rotatable bonds is 7. The van der Waals surface area contributed by atoms with Gasteiger partial charge in [0.15, 0.2) is 0 Å². The number of hydrogen-bond acceptors (Lipinski definition) is 3. The number of methoxy groups -OCH3 is 1. The maximum atomic E-state index is 5.56. The molecule has 0 saturated carbocycles. The number of ether oxygens (including phenoxy) is 1. The minimum atomic E-state index is 0.299. The Kier molecular flexibility index (Phi) is 5.83. The molecule has 0 aliphatic rings. The molecule has 0 bridgehead atoms. The van der Waals surface area contributed by atoms with E-state index in [1.54, 1.807) is 7.11 Å². The lowest BCUT2D eigenvalue weighted by atomic mass is 9.99. The molecule has 2 rings (SSSR count). The highest BCUT2D eigenvalue weighted by molar-refractivity contribution is 7.11. The highest BCUT2D eigenvalue weighted by Gasteiger charge is 2.17. The smallest absolute Gasteiger partial charge is 0.123 e. The summed E-state index contributed by atoms with van der Waals surface area (Å²) in [6.07, 6.45) is 2.13. The van der Waals surface area contributed by atoms with Crippen LogP contribution in [0.15, 0.2) is 30.3 Å². The summed E-state index contributed by atoms with van der Waals surface area (Å²) in [6.45, 7) is 7.45. The summed E-state index contributed by atoms with van der Waals surface area (Å²) in [7, 11) is 1.75. The van der Waals surface area contributed by atoms with Gasteiger partial charge in [-0.15, -0.1) is 11.3 Å². The van der Waals surface area contributed by atoms with Crippen molar-refractivity contribution in [1.82, 2.24) is 5.32 Å². The quantitative estimate of drug-likeness (QED) is 0.812. The van der Waals surface area contributed by atoms with E-state index in [9.17, 15) is 0 Å². The summed E-state index contributed by atoms with van der Waals surface area (Å²) in [5.74, 6) is 0.971. The van der Waals surface area contributed by atoms with E-state index in [0.29, 0.717) is 6.04 Å². The van der Waals surface area contributed by atoms with Crippen molar-refractivity contribution in [1.29, 1.82) is 0 Å². The lowest BCUT2D eigenvalue weighted by Crippen LogP contribution is -2.23. The molecule has 1 N–H and O–H groups in total. The fourth-order valence-electron chi connectivity index (χ4n) is 2.59. The van der Waals surface area contributed by atoms with Gasteiger partial charge in [-0.25, -0.2) is 0 Å². The molecule has 0 aliphatic heterocycles. The molecular formula is C18H25NOS. The van der Waals surface area contributed by atoms with Gasteiger partial charge in [-0.3, -0.25) is 0 Å². The molecule has 1 aromatic carbocycles. The summed E-state index contributed by atoms with van der Waals surface area (Å²) in [5.41, 5.74) is 2.53. The van der Waals surface area contributed by atoms with Crippen LogP contribution in [-0.4, -0.2) is 13.7 Å². The number of benzene rings is 1. The largest absolute Gasteiger partial charge is 0.496 e. The number of thiophene rings is 1. The molecule has 0 aliphatic carbocycles. The third-order valence-electron chi connectivity index (χ3n) is 3.68. The van der Waals surface area contributed by atoms with Crippen LogP contribution in [-0.2, 0) is 12.8 Å². The second-order valence-corrected chi connectivity index (χ2v) is 6.53. The Morgan fingerprint density at radius 1 is 1.14 bits per heavy atom.